The summed E-state index contributed by atoms with van der Waals surface area (Å²) >= 11 is 0. The molecule has 78 valence electrons. The highest BCUT2D eigenvalue weighted by atomic mass is 16.5. The average Bonchev–Trinajstić information content (AvgIpc) is 2.75. The third kappa shape index (κ3) is 1.59. The molecular weight excluding hydrogens is 186 g/mol. The molecule has 1 aliphatic heterocycles. The first-order chi connectivity index (χ1) is 7.27. The van der Waals surface area contributed by atoms with E-state index >= 15 is 0 Å². The van der Waals surface area contributed by atoms with Crippen LogP contribution in [-0.2, 0) is 6.42 Å². The summed E-state index contributed by atoms with van der Waals surface area (Å²) < 4.78 is 5.53. The van der Waals surface area contributed by atoms with E-state index in [2.05, 4.69) is 26.0 Å². The van der Waals surface area contributed by atoms with E-state index < -0.39 is 0 Å². The van der Waals surface area contributed by atoms with Crippen molar-refractivity contribution in [1.82, 2.24) is 0 Å². The van der Waals surface area contributed by atoms with Gasteiger partial charge in [0.25, 0.3) is 0 Å². The van der Waals surface area contributed by atoms with Gasteiger partial charge in [0.2, 0.25) is 0 Å². The molecule has 2 nitrogen and oxygen atoms in total. The third-order valence-corrected chi connectivity index (χ3v) is 3.16. The number of fused-ring (bicyclic) bond motifs is 1. The first-order valence-corrected chi connectivity index (χ1v) is 5.46. The average molecular weight is 201 g/mol. The van der Waals surface area contributed by atoms with Crippen LogP contribution < -0.4 is 4.74 Å². The van der Waals surface area contributed by atoms with Crippen LogP contribution >= 0.6 is 0 Å². The normalized spacial score (nSPS) is 15.3. The van der Waals surface area contributed by atoms with Crippen molar-refractivity contribution in [3.63, 3.8) is 0 Å². The summed E-state index contributed by atoms with van der Waals surface area (Å²) in [7, 11) is 0. The van der Waals surface area contributed by atoms with Gasteiger partial charge < -0.3 is 4.74 Å². The van der Waals surface area contributed by atoms with E-state index in [1.54, 1.807) is 0 Å². The predicted molar refractivity (Wildman–Crippen MR) is 59.1 cm³/mol. The lowest BCUT2D eigenvalue weighted by Crippen LogP contribution is -1.97. The van der Waals surface area contributed by atoms with E-state index in [9.17, 15) is 0 Å². The molecule has 0 aromatic heterocycles. The number of ether oxygens (including phenoxy) is 1. The molecule has 1 aromatic rings. The molecule has 1 unspecified atom stereocenters. The standard InChI is InChI=1S/C13H15NO/c1-3-9(2)11-5-4-10(8-14)13-12(11)6-7-15-13/h4-5,9H,3,6-7H2,1-2H3. The Morgan fingerprint density at radius 1 is 1.53 bits per heavy atom. The largest absolute Gasteiger partial charge is 0.492 e. The Morgan fingerprint density at radius 2 is 2.33 bits per heavy atom. The minimum atomic E-state index is 0.549. The van der Waals surface area contributed by atoms with Gasteiger partial charge in [-0.2, -0.15) is 5.26 Å². The summed E-state index contributed by atoms with van der Waals surface area (Å²) in [6, 6.07) is 6.15. The van der Waals surface area contributed by atoms with Gasteiger partial charge in [-0.25, -0.2) is 0 Å². The topological polar surface area (TPSA) is 33.0 Å². The molecule has 15 heavy (non-hydrogen) atoms. The zero-order valence-electron chi connectivity index (χ0n) is 9.21. The number of nitrogens with zero attached hydrogens (tertiary/aromatic N) is 1. The maximum atomic E-state index is 8.96. The molecule has 1 atom stereocenters. The fourth-order valence-corrected chi connectivity index (χ4v) is 2.09. The molecule has 0 spiro atoms. The molecule has 0 N–H and O–H groups in total. The molecule has 0 aliphatic carbocycles. The fraction of sp³-hybridized carbons (Fsp3) is 0.462. The third-order valence-electron chi connectivity index (χ3n) is 3.16. The van der Waals surface area contributed by atoms with Crippen molar-refractivity contribution >= 4 is 0 Å². The highest BCUT2D eigenvalue weighted by molar-refractivity contribution is 5.54. The van der Waals surface area contributed by atoms with Crippen molar-refractivity contribution in [3.05, 3.63) is 28.8 Å². The molecule has 1 aliphatic rings. The summed E-state index contributed by atoms with van der Waals surface area (Å²) in [6.07, 6.45) is 2.07. The number of hydrogen-bond donors (Lipinski definition) is 0. The highest BCUT2D eigenvalue weighted by Crippen LogP contribution is 2.36. The second kappa shape index (κ2) is 3.94. The summed E-state index contributed by atoms with van der Waals surface area (Å²) in [6.45, 7) is 5.13. The molecule has 2 heteroatoms. The number of nitriles is 1. The van der Waals surface area contributed by atoms with E-state index in [4.69, 9.17) is 10.00 Å². The first kappa shape index (κ1) is 10.0. The smallest absolute Gasteiger partial charge is 0.140 e. The van der Waals surface area contributed by atoms with E-state index in [0.29, 0.717) is 11.5 Å². The van der Waals surface area contributed by atoms with Crippen LogP contribution in [0.1, 0.15) is 42.9 Å². The minimum absolute atomic E-state index is 0.549. The molecule has 1 aromatic carbocycles. The molecule has 0 fully saturated rings. The Labute approximate surface area is 90.5 Å². The summed E-state index contributed by atoms with van der Waals surface area (Å²) in [5, 5.41) is 8.96. The van der Waals surface area contributed by atoms with Gasteiger partial charge in [0.05, 0.1) is 12.2 Å². The highest BCUT2D eigenvalue weighted by Gasteiger charge is 2.21. The van der Waals surface area contributed by atoms with E-state index in [1.807, 2.05) is 6.07 Å². The lowest BCUT2D eigenvalue weighted by atomic mass is 9.91. The van der Waals surface area contributed by atoms with Gasteiger partial charge in [0.15, 0.2) is 0 Å². The molecular formula is C13H15NO. The van der Waals surface area contributed by atoms with Crippen molar-refractivity contribution in [2.75, 3.05) is 6.61 Å². The van der Waals surface area contributed by atoms with Crippen molar-refractivity contribution < 1.29 is 4.74 Å². The summed E-state index contributed by atoms with van der Waals surface area (Å²) in [5.41, 5.74) is 3.28. The number of benzene rings is 1. The molecule has 1 heterocycles. The molecule has 0 saturated heterocycles. The zero-order valence-corrected chi connectivity index (χ0v) is 9.21. The molecule has 0 saturated carbocycles. The van der Waals surface area contributed by atoms with Gasteiger partial charge in [0.1, 0.15) is 11.8 Å². The Balaban J connectivity index is 2.53. The number of rotatable bonds is 2. The van der Waals surface area contributed by atoms with E-state index in [0.717, 1.165) is 25.2 Å². The molecule has 0 radical (unpaired) electrons. The Bertz CT molecular complexity index is 417. The van der Waals surface area contributed by atoms with Crippen molar-refractivity contribution in [2.45, 2.75) is 32.6 Å². The van der Waals surface area contributed by atoms with Crippen molar-refractivity contribution in [2.24, 2.45) is 0 Å². The maximum Gasteiger partial charge on any atom is 0.140 e. The van der Waals surface area contributed by atoms with Crippen LogP contribution in [0.25, 0.3) is 0 Å². The van der Waals surface area contributed by atoms with Gasteiger partial charge in [-0.1, -0.05) is 19.9 Å². The van der Waals surface area contributed by atoms with E-state index in [1.165, 1.54) is 11.1 Å². The van der Waals surface area contributed by atoms with Crippen molar-refractivity contribution in [1.29, 1.82) is 5.26 Å². The Morgan fingerprint density at radius 3 is 3.00 bits per heavy atom. The van der Waals surface area contributed by atoms with Gasteiger partial charge >= 0.3 is 0 Å². The maximum absolute atomic E-state index is 8.96. The van der Waals surface area contributed by atoms with E-state index in [-0.39, 0.29) is 0 Å². The molecule has 0 bridgehead atoms. The number of hydrogen-bond acceptors (Lipinski definition) is 2. The Hall–Kier alpha value is -1.49. The van der Waals surface area contributed by atoms with Crippen LogP contribution in [0.15, 0.2) is 12.1 Å². The van der Waals surface area contributed by atoms with Crippen LogP contribution in [0.3, 0.4) is 0 Å². The minimum Gasteiger partial charge on any atom is -0.492 e. The second-order valence-electron chi connectivity index (χ2n) is 4.03. The van der Waals surface area contributed by atoms with Crippen LogP contribution in [0.5, 0.6) is 5.75 Å². The van der Waals surface area contributed by atoms with Gasteiger partial charge in [0, 0.05) is 12.0 Å². The first-order valence-electron chi connectivity index (χ1n) is 5.46. The molecule has 2 rings (SSSR count). The van der Waals surface area contributed by atoms with Crippen LogP contribution in [0.4, 0.5) is 0 Å². The SMILES string of the molecule is CCC(C)c1ccc(C#N)c2c1CCO2. The van der Waals surface area contributed by atoms with Gasteiger partial charge in [-0.05, 0) is 24.0 Å². The molecule has 0 amide bonds. The van der Waals surface area contributed by atoms with Crippen molar-refractivity contribution in [3.8, 4) is 11.8 Å². The fourth-order valence-electron chi connectivity index (χ4n) is 2.09. The summed E-state index contributed by atoms with van der Waals surface area (Å²) in [4.78, 5) is 0. The second-order valence-corrected chi connectivity index (χ2v) is 4.03. The quantitative estimate of drug-likeness (QED) is 0.736. The lowest BCUT2D eigenvalue weighted by Gasteiger charge is -2.13. The zero-order chi connectivity index (χ0) is 10.8. The summed E-state index contributed by atoms with van der Waals surface area (Å²) in [5.74, 6) is 1.38. The lowest BCUT2D eigenvalue weighted by molar-refractivity contribution is 0.356. The monoisotopic (exact) mass is 201 g/mol. The van der Waals surface area contributed by atoms with Crippen LogP contribution in [0.2, 0.25) is 0 Å². The van der Waals surface area contributed by atoms with Crippen LogP contribution in [-0.4, -0.2) is 6.61 Å². The van der Waals surface area contributed by atoms with Gasteiger partial charge in [-0.15, -0.1) is 0 Å². The van der Waals surface area contributed by atoms with Gasteiger partial charge in [-0.3, -0.25) is 0 Å². The van der Waals surface area contributed by atoms with Crippen LogP contribution in [0, 0.1) is 11.3 Å². The predicted octanol–water partition coefficient (Wildman–Crippen LogP) is 3.01. The Kier molecular flexibility index (Phi) is 2.64.